The minimum absolute atomic E-state index is 0.108. The molecule has 0 aromatic rings. The number of aliphatic hydroxyl groups is 1. The van der Waals surface area contributed by atoms with Crippen LogP contribution < -0.4 is 0 Å². The van der Waals surface area contributed by atoms with Crippen molar-refractivity contribution in [2.75, 3.05) is 13.2 Å². The van der Waals surface area contributed by atoms with Crippen LogP contribution in [0.2, 0.25) is 0 Å². The van der Waals surface area contributed by atoms with E-state index in [1.807, 2.05) is 0 Å². The van der Waals surface area contributed by atoms with Crippen LogP contribution in [0.25, 0.3) is 0 Å². The molecule has 0 aromatic heterocycles. The van der Waals surface area contributed by atoms with Gasteiger partial charge in [-0.05, 0) is 25.7 Å². The molecule has 2 fully saturated rings. The lowest BCUT2D eigenvalue weighted by atomic mass is 9.95. The largest absolute Gasteiger partial charge is 0.394 e. The van der Waals surface area contributed by atoms with Gasteiger partial charge in [0.05, 0.1) is 12.1 Å². The molecule has 2 heterocycles. The van der Waals surface area contributed by atoms with Crippen LogP contribution >= 0.6 is 0 Å². The molecular formula is C9H15NO. The van der Waals surface area contributed by atoms with Crippen molar-refractivity contribution in [3.8, 4) is 0 Å². The van der Waals surface area contributed by atoms with Gasteiger partial charge in [-0.1, -0.05) is 6.58 Å². The Morgan fingerprint density at radius 1 is 1.55 bits per heavy atom. The quantitative estimate of drug-likeness (QED) is 0.610. The predicted molar refractivity (Wildman–Crippen MR) is 44.1 cm³/mol. The van der Waals surface area contributed by atoms with Crippen LogP contribution in [0.4, 0.5) is 0 Å². The number of nitrogens with zero attached hydrogens (tertiary/aromatic N) is 1. The molecule has 2 aliphatic heterocycles. The molecule has 0 aromatic carbocycles. The molecule has 0 radical (unpaired) electrons. The lowest BCUT2D eigenvalue weighted by Crippen LogP contribution is -2.40. The van der Waals surface area contributed by atoms with E-state index in [1.165, 1.54) is 12.1 Å². The van der Waals surface area contributed by atoms with E-state index in [9.17, 15) is 5.11 Å². The van der Waals surface area contributed by atoms with Crippen molar-refractivity contribution < 1.29 is 5.11 Å². The van der Waals surface area contributed by atoms with Gasteiger partial charge in [-0.3, -0.25) is 0 Å². The highest BCUT2D eigenvalue weighted by molar-refractivity contribution is 5.14. The molecule has 1 atom stereocenters. The van der Waals surface area contributed by atoms with Crippen LogP contribution in [0.5, 0.6) is 0 Å². The molecule has 2 saturated heterocycles. The van der Waals surface area contributed by atoms with Crippen molar-refractivity contribution in [3.05, 3.63) is 12.3 Å². The van der Waals surface area contributed by atoms with Crippen molar-refractivity contribution in [2.45, 2.75) is 31.2 Å². The standard InChI is InChI=1S/C9H15NO/c1-8-3-5-9(7-11)4-2-6-10(8)9/h11H,1-7H2. The van der Waals surface area contributed by atoms with E-state index in [0.29, 0.717) is 6.61 Å². The second-order valence-electron chi connectivity index (χ2n) is 3.70. The summed E-state index contributed by atoms with van der Waals surface area (Å²) in [5.74, 6) is 0. The summed E-state index contributed by atoms with van der Waals surface area (Å²) in [4.78, 5) is 2.31. The molecule has 1 N–H and O–H groups in total. The molecule has 2 nitrogen and oxygen atoms in total. The summed E-state index contributed by atoms with van der Waals surface area (Å²) in [6.07, 6.45) is 4.57. The lowest BCUT2D eigenvalue weighted by molar-refractivity contribution is 0.113. The van der Waals surface area contributed by atoms with Crippen LogP contribution in [-0.4, -0.2) is 28.7 Å². The minimum Gasteiger partial charge on any atom is -0.394 e. The zero-order valence-corrected chi connectivity index (χ0v) is 6.84. The van der Waals surface area contributed by atoms with E-state index in [0.717, 1.165) is 25.8 Å². The van der Waals surface area contributed by atoms with Crippen molar-refractivity contribution in [3.63, 3.8) is 0 Å². The van der Waals surface area contributed by atoms with Crippen molar-refractivity contribution in [1.29, 1.82) is 0 Å². The first kappa shape index (κ1) is 7.17. The summed E-state index contributed by atoms with van der Waals surface area (Å²) in [7, 11) is 0. The molecule has 0 amide bonds. The fourth-order valence-corrected chi connectivity index (χ4v) is 2.45. The van der Waals surface area contributed by atoms with Gasteiger partial charge < -0.3 is 10.0 Å². The highest BCUT2D eigenvalue weighted by Gasteiger charge is 2.44. The van der Waals surface area contributed by atoms with E-state index in [-0.39, 0.29) is 5.54 Å². The summed E-state index contributed by atoms with van der Waals surface area (Å²) in [5.41, 5.74) is 1.34. The van der Waals surface area contributed by atoms with Crippen LogP contribution in [0.15, 0.2) is 12.3 Å². The molecule has 11 heavy (non-hydrogen) atoms. The monoisotopic (exact) mass is 153 g/mol. The summed E-state index contributed by atoms with van der Waals surface area (Å²) < 4.78 is 0. The third kappa shape index (κ3) is 0.822. The molecule has 2 heteroatoms. The Morgan fingerprint density at radius 3 is 3.00 bits per heavy atom. The molecule has 1 unspecified atom stereocenters. The van der Waals surface area contributed by atoms with E-state index < -0.39 is 0 Å². The first-order valence-corrected chi connectivity index (χ1v) is 4.35. The van der Waals surface area contributed by atoms with Crippen molar-refractivity contribution >= 4 is 0 Å². The smallest absolute Gasteiger partial charge is 0.0663 e. The number of hydrogen-bond donors (Lipinski definition) is 1. The summed E-state index contributed by atoms with van der Waals surface area (Å²) in [6.45, 7) is 5.43. The highest BCUT2D eigenvalue weighted by Crippen LogP contribution is 2.42. The number of aliphatic hydroxyl groups excluding tert-OH is 1. The maximum absolute atomic E-state index is 9.26. The van der Waals surface area contributed by atoms with Crippen molar-refractivity contribution in [1.82, 2.24) is 4.90 Å². The van der Waals surface area contributed by atoms with Gasteiger partial charge in [-0.2, -0.15) is 0 Å². The van der Waals surface area contributed by atoms with E-state index in [2.05, 4.69) is 11.5 Å². The highest BCUT2D eigenvalue weighted by atomic mass is 16.3. The zero-order chi connectivity index (χ0) is 7.90. The Hall–Kier alpha value is -0.500. The average molecular weight is 153 g/mol. The van der Waals surface area contributed by atoms with Gasteiger partial charge in [-0.25, -0.2) is 0 Å². The second kappa shape index (κ2) is 2.24. The third-order valence-electron chi connectivity index (χ3n) is 3.15. The van der Waals surface area contributed by atoms with Crippen molar-refractivity contribution in [2.24, 2.45) is 0 Å². The Morgan fingerprint density at radius 2 is 2.36 bits per heavy atom. The zero-order valence-electron chi connectivity index (χ0n) is 6.84. The first-order valence-electron chi connectivity index (χ1n) is 4.35. The van der Waals surface area contributed by atoms with Crippen LogP contribution in [0, 0.1) is 0 Å². The van der Waals surface area contributed by atoms with Crippen LogP contribution in [0.1, 0.15) is 25.7 Å². The Bertz CT molecular complexity index is 190. The van der Waals surface area contributed by atoms with E-state index in [4.69, 9.17) is 0 Å². The number of allylic oxidation sites excluding steroid dienone is 1. The molecular weight excluding hydrogens is 138 g/mol. The fraction of sp³-hybridized carbons (Fsp3) is 0.778. The second-order valence-corrected chi connectivity index (χ2v) is 3.70. The maximum Gasteiger partial charge on any atom is 0.0663 e. The first-order chi connectivity index (χ1) is 5.28. The maximum atomic E-state index is 9.26. The summed E-state index contributed by atoms with van der Waals surface area (Å²) >= 11 is 0. The van der Waals surface area contributed by atoms with Crippen LogP contribution in [-0.2, 0) is 0 Å². The molecule has 2 aliphatic rings. The van der Waals surface area contributed by atoms with Gasteiger partial charge in [0.25, 0.3) is 0 Å². The SMILES string of the molecule is C=C1CCC2(CO)CCCN12. The number of hydrogen-bond acceptors (Lipinski definition) is 2. The van der Waals surface area contributed by atoms with Crippen LogP contribution in [0.3, 0.4) is 0 Å². The van der Waals surface area contributed by atoms with Gasteiger partial charge in [0.1, 0.15) is 0 Å². The van der Waals surface area contributed by atoms with E-state index in [1.54, 1.807) is 0 Å². The summed E-state index contributed by atoms with van der Waals surface area (Å²) in [6, 6.07) is 0. The molecule has 0 saturated carbocycles. The average Bonchev–Trinajstić information content (AvgIpc) is 2.53. The van der Waals surface area contributed by atoms with Gasteiger partial charge in [0.15, 0.2) is 0 Å². The molecule has 0 aliphatic carbocycles. The predicted octanol–water partition coefficient (Wildman–Crippen LogP) is 1.12. The molecule has 0 spiro atoms. The van der Waals surface area contributed by atoms with Gasteiger partial charge in [0, 0.05) is 12.2 Å². The topological polar surface area (TPSA) is 23.5 Å². The lowest BCUT2D eigenvalue weighted by Gasteiger charge is -2.31. The molecule has 62 valence electrons. The fourth-order valence-electron chi connectivity index (χ4n) is 2.45. The Kier molecular flexibility index (Phi) is 1.46. The third-order valence-corrected chi connectivity index (χ3v) is 3.15. The number of rotatable bonds is 1. The summed E-state index contributed by atoms with van der Waals surface area (Å²) in [5, 5.41) is 9.26. The molecule has 2 rings (SSSR count). The van der Waals surface area contributed by atoms with Gasteiger partial charge in [-0.15, -0.1) is 0 Å². The van der Waals surface area contributed by atoms with Gasteiger partial charge >= 0.3 is 0 Å². The minimum atomic E-state index is 0.108. The van der Waals surface area contributed by atoms with Gasteiger partial charge in [0.2, 0.25) is 0 Å². The molecule has 0 bridgehead atoms. The number of fused-ring (bicyclic) bond motifs is 1. The Balaban J connectivity index is 2.25. The Labute approximate surface area is 67.5 Å². The van der Waals surface area contributed by atoms with E-state index >= 15 is 0 Å². The normalized spacial score (nSPS) is 36.5.